The fourth-order valence-corrected chi connectivity index (χ4v) is 3.05. The number of nitrogens with one attached hydrogen (secondary N) is 1. The van der Waals surface area contributed by atoms with Crippen molar-refractivity contribution >= 4 is 17.4 Å². The van der Waals surface area contributed by atoms with Crippen molar-refractivity contribution in [1.82, 2.24) is 0 Å². The summed E-state index contributed by atoms with van der Waals surface area (Å²) < 4.78 is 13.0. The number of rotatable bonds is 3. The summed E-state index contributed by atoms with van der Waals surface area (Å²) in [5, 5.41) is 3.37. The average Bonchev–Trinajstić information content (AvgIpc) is 2.73. The first-order chi connectivity index (χ1) is 7.25. The van der Waals surface area contributed by atoms with E-state index in [4.69, 9.17) is 0 Å². The summed E-state index contributed by atoms with van der Waals surface area (Å²) in [6, 6.07) is 5.21. The number of hydrogen-bond acceptors (Lipinski definition) is 2. The molecule has 1 aliphatic rings. The van der Waals surface area contributed by atoms with Crippen LogP contribution in [0.3, 0.4) is 0 Å². The minimum Gasteiger partial charge on any atom is -0.385 e. The van der Waals surface area contributed by atoms with E-state index in [1.807, 2.05) is 23.9 Å². The molecule has 1 unspecified atom stereocenters. The maximum Gasteiger partial charge on any atom is 0.126 e. The number of benzene rings is 1. The first-order valence-corrected chi connectivity index (χ1v) is 6.49. The molecule has 1 heterocycles. The SMILES string of the molecule is Cc1cc(NCC2CCSC2)ccc1F. The standard InChI is InChI=1S/C12H16FNS/c1-9-6-11(2-3-12(9)13)14-7-10-4-5-15-8-10/h2-3,6,10,14H,4-5,7-8H2,1H3. The highest BCUT2D eigenvalue weighted by Crippen LogP contribution is 2.24. The molecule has 1 aliphatic heterocycles. The minimum atomic E-state index is -0.128. The van der Waals surface area contributed by atoms with Gasteiger partial charge in [0.2, 0.25) is 0 Å². The number of hydrogen-bond donors (Lipinski definition) is 1. The predicted octanol–water partition coefficient (Wildman–Crippen LogP) is 3.30. The molecular formula is C12H16FNS. The van der Waals surface area contributed by atoms with Crippen molar-refractivity contribution in [1.29, 1.82) is 0 Å². The fraction of sp³-hybridized carbons (Fsp3) is 0.500. The number of anilines is 1. The predicted molar refractivity (Wildman–Crippen MR) is 65.1 cm³/mol. The van der Waals surface area contributed by atoms with Crippen molar-refractivity contribution in [2.45, 2.75) is 13.3 Å². The molecule has 1 atom stereocenters. The Balaban J connectivity index is 1.90. The first-order valence-electron chi connectivity index (χ1n) is 5.33. The number of halogens is 1. The van der Waals surface area contributed by atoms with Gasteiger partial charge in [-0.1, -0.05) is 0 Å². The highest BCUT2D eigenvalue weighted by Gasteiger charge is 2.14. The van der Waals surface area contributed by atoms with E-state index in [9.17, 15) is 4.39 Å². The van der Waals surface area contributed by atoms with Gasteiger partial charge in [-0.15, -0.1) is 0 Å². The van der Waals surface area contributed by atoms with Crippen LogP contribution in [-0.2, 0) is 0 Å². The zero-order chi connectivity index (χ0) is 10.7. The second kappa shape index (κ2) is 4.88. The Hall–Kier alpha value is -0.700. The summed E-state index contributed by atoms with van der Waals surface area (Å²) in [5.41, 5.74) is 1.74. The molecule has 0 amide bonds. The van der Waals surface area contributed by atoms with Crippen molar-refractivity contribution in [3.8, 4) is 0 Å². The molecule has 3 heteroatoms. The van der Waals surface area contributed by atoms with Crippen LogP contribution in [0.4, 0.5) is 10.1 Å². The molecule has 1 aromatic rings. The molecule has 0 saturated carbocycles. The Kier molecular flexibility index (Phi) is 3.52. The zero-order valence-electron chi connectivity index (χ0n) is 8.92. The Morgan fingerprint density at radius 2 is 2.40 bits per heavy atom. The maximum atomic E-state index is 13.0. The minimum absolute atomic E-state index is 0.128. The van der Waals surface area contributed by atoms with Gasteiger partial charge in [0.1, 0.15) is 5.82 Å². The lowest BCUT2D eigenvalue weighted by atomic mass is 10.1. The van der Waals surface area contributed by atoms with E-state index in [-0.39, 0.29) is 5.82 Å². The molecule has 0 aromatic heterocycles. The monoisotopic (exact) mass is 225 g/mol. The molecule has 0 bridgehead atoms. The van der Waals surface area contributed by atoms with Crippen LogP contribution in [0.1, 0.15) is 12.0 Å². The summed E-state index contributed by atoms with van der Waals surface area (Å²) in [5.74, 6) is 3.19. The molecule has 15 heavy (non-hydrogen) atoms. The van der Waals surface area contributed by atoms with Crippen molar-refractivity contribution < 1.29 is 4.39 Å². The summed E-state index contributed by atoms with van der Waals surface area (Å²) in [7, 11) is 0. The smallest absolute Gasteiger partial charge is 0.126 e. The van der Waals surface area contributed by atoms with Crippen LogP contribution in [0, 0.1) is 18.7 Å². The molecule has 1 saturated heterocycles. The normalized spacial score (nSPS) is 20.5. The fourth-order valence-electron chi connectivity index (χ4n) is 1.76. The first kappa shape index (κ1) is 10.8. The van der Waals surface area contributed by atoms with Gasteiger partial charge >= 0.3 is 0 Å². The van der Waals surface area contributed by atoms with Crippen molar-refractivity contribution in [2.24, 2.45) is 5.92 Å². The van der Waals surface area contributed by atoms with Gasteiger partial charge in [0.05, 0.1) is 0 Å². The lowest BCUT2D eigenvalue weighted by Gasteiger charge is -2.11. The van der Waals surface area contributed by atoms with Crippen LogP contribution in [0.5, 0.6) is 0 Å². The van der Waals surface area contributed by atoms with Crippen LogP contribution < -0.4 is 5.32 Å². The van der Waals surface area contributed by atoms with Crippen LogP contribution in [0.15, 0.2) is 18.2 Å². The molecule has 0 spiro atoms. The largest absolute Gasteiger partial charge is 0.385 e. The van der Waals surface area contributed by atoms with E-state index in [2.05, 4.69) is 5.32 Å². The molecular weight excluding hydrogens is 209 g/mol. The van der Waals surface area contributed by atoms with Gasteiger partial charge in [-0.2, -0.15) is 11.8 Å². The van der Waals surface area contributed by atoms with Gasteiger partial charge in [0.15, 0.2) is 0 Å². The molecule has 82 valence electrons. The van der Waals surface area contributed by atoms with Gasteiger partial charge in [0.25, 0.3) is 0 Å². The molecule has 1 nitrogen and oxygen atoms in total. The van der Waals surface area contributed by atoms with Gasteiger partial charge in [0, 0.05) is 12.2 Å². The molecule has 1 fully saturated rings. The van der Waals surface area contributed by atoms with Crippen LogP contribution in [0.25, 0.3) is 0 Å². The van der Waals surface area contributed by atoms with Gasteiger partial charge in [-0.25, -0.2) is 4.39 Å². The summed E-state index contributed by atoms with van der Waals surface area (Å²) in [4.78, 5) is 0. The van der Waals surface area contributed by atoms with E-state index in [0.29, 0.717) is 5.56 Å². The Morgan fingerprint density at radius 1 is 1.53 bits per heavy atom. The lowest BCUT2D eigenvalue weighted by Crippen LogP contribution is -2.13. The second-order valence-corrected chi connectivity index (χ2v) is 5.22. The topological polar surface area (TPSA) is 12.0 Å². The van der Waals surface area contributed by atoms with E-state index < -0.39 is 0 Å². The summed E-state index contributed by atoms with van der Waals surface area (Å²) >= 11 is 2.02. The third-order valence-corrected chi connectivity index (χ3v) is 4.01. The molecule has 2 rings (SSSR count). The van der Waals surface area contributed by atoms with Crippen LogP contribution >= 0.6 is 11.8 Å². The second-order valence-electron chi connectivity index (χ2n) is 4.07. The van der Waals surface area contributed by atoms with Gasteiger partial charge in [-0.3, -0.25) is 0 Å². The molecule has 0 aliphatic carbocycles. The van der Waals surface area contributed by atoms with Crippen molar-refractivity contribution in [3.63, 3.8) is 0 Å². The average molecular weight is 225 g/mol. The third kappa shape index (κ3) is 2.88. The van der Waals surface area contributed by atoms with E-state index in [1.165, 1.54) is 24.0 Å². The van der Waals surface area contributed by atoms with Gasteiger partial charge in [-0.05, 0) is 54.5 Å². The Morgan fingerprint density at radius 3 is 3.07 bits per heavy atom. The van der Waals surface area contributed by atoms with E-state index in [0.717, 1.165) is 18.2 Å². The zero-order valence-corrected chi connectivity index (χ0v) is 9.74. The number of aryl methyl sites for hydroxylation is 1. The van der Waals surface area contributed by atoms with E-state index >= 15 is 0 Å². The van der Waals surface area contributed by atoms with Crippen LogP contribution in [0.2, 0.25) is 0 Å². The quantitative estimate of drug-likeness (QED) is 0.847. The molecule has 1 aromatic carbocycles. The third-order valence-electron chi connectivity index (χ3n) is 2.78. The van der Waals surface area contributed by atoms with Crippen molar-refractivity contribution in [3.05, 3.63) is 29.6 Å². The highest BCUT2D eigenvalue weighted by atomic mass is 32.2. The van der Waals surface area contributed by atoms with Gasteiger partial charge < -0.3 is 5.32 Å². The Labute approximate surface area is 94.5 Å². The maximum absolute atomic E-state index is 13.0. The van der Waals surface area contributed by atoms with Crippen molar-refractivity contribution in [2.75, 3.05) is 23.4 Å². The number of thioether (sulfide) groups is 1. The van der Waals surface area contributed by atoms with E-state index in [1.54, 1.807) is 6.92 Å². The molecule has 0 radical (unpaired) electrons. The molecule has 1 N–H and O–H groups in total. The van der Waals surface area contributed by atoms with Crippen LogP contribution in [-0.4, -0.2) is 18.1 Å². The summed E-state index contributed by atoms with van der Waals surface area (Å²) in [6.45, 7) is 2.81. The summed E-state index contributed by atoms with van der Waals surface area (Å²) in [6.07, 6.45) is 1.30. The highest BCUT2D eigenvalue weighted by molar-refractivity contribution is 7.99. The lowest BCUT2D eigenvalue weighted by molar-refractivity contribution is 0.617. The Bertz CT molecular complexity index is 334.